The van der Waals surface area contributed by atoms with E-state index >= 15 is 0 Å². The van der Waals surface area contributed by atoms with E-state index in [1.165, 1.54) is 33.3 Å². The number of aryl methyl sites for hydroxylation is 2. The van der Waals surface area contributed by atoms with Crippen LogP contribution in [0.15, 0.2) is 42.5 Å². The van der Waals surface area contributed by atoms with E-state index in [4.69, 9.17) is 4.74 Å². The number of aromatic amines is 1. The third-order valence-corrected chi connectivity index (χ3v) is 5.40. The van der Waals surface area contributed by atoms with Crippen LogP contribution in [0.25, 0.3) is 10.9 Å². The van der Waals surface area contributed by atoms with Gasteiger partial charge in [0.1, 0.15) is 5.75 Å². The van der Waals surface area contributed by atoms with E-state index in [1.807, 2.05) is 0 Å². The smallest absolute Gasteiger partial charge is 0.119 e. The minimum atomic E-state index is 0.760. The van der Waals surface area contributed by atoms with Crippen LogP contribution in [0.4, 0.5) is 0 Å². The van der Waals surface area contributed by atoms with Crippen LogP contribution in [-0.4, -0.2) is 24.7 Å². The van der Waals surface area contributed by atoms with Crippen molar-refractivity contribution in [2.24, 2.45) is 0 Å². The highest BCUT2D eigenvalue weighted by molar-refractivity contribution is 5.88. The van der Waals surface area contributed by atoms with E-state index in [1.54, 1.807) is 0 Å². The van der Waals surface area contributed by atoms with Gasteiger partial charge in [0.05, 0.1) is 6.61 Å². The molecule has 1 aromatic heterocycles. The molecule has 0 saturated heterocycles. The molecule has 0 atom stereocenters. The van der Waals surface area contributed by atoms with Crippen LogP contribution in [0.1, 0.15) is 35.7 Å². The Labute approximate surface area is 155 Å². The summed E-state index contributed by atoms with van der Waals surface area (Å²) in [5.74, 6) is 0.974. The van der Waals surface area contributed by atoms with Gasteiger partial charge in [0, 0.05) is 29.6 Å². The molecular weight excluding hydrogens is 320 g/mol. The Morgan fingerprint density at radius 1 is 1.00 bits per heavy atom. The molecule has 3 aromatic rings. The zero-order valence-electron chi connectivity index (χ0n) is 15.6. The second kappa shape index (κ2) is 7.96. The molecular formula is C23H28N2O. The van der Waals surface area contributed by atoms with Crippen LogP contribution < -0.4 is 10.1 Å². The maximum absolute atomic E-state index is 5.94. The van der Waals surface area contributed by atoms with Gasteiger partial charge in [0.2, 0.25) is 0 Å². The second-order valence-corrected chi connectivity index (χ2v) is 7.12. The lowest BCUT2D eigenvalue weighted by molar-refractivity contribution is 0.311. The van der Waals surface area contributed by atoms with Gasteiger partial charge in [-0.05, 0) is 67.1 Å². The van der Waals surface area contributed by atoms with Gasteiger partial charge in [-0.15, -0.1) is 0 Å². The summed E-state index contributed by atoms with van der Waals surface area (Å²) in [6.07, 6.45) is 5.38. The van der Waals surface area contributed by atoms with Crippen molar-refractivity contribution >= 4 is 10.9 Å². The van der Waals surface area contributed by atoms with Crippen molar-refractivity contribution in [2.75, 3.05) is 19.7 Å². The molecule has 3 heteroatoms. The molecule has 1 aliphatic rings. The number of H-pyrrole nitrogens is 1. The molecule has 26 heavy (non-hydrogen) atoms. The fraction of sp³-hybridized carbons (Fsp3) is 0.391. The number of hydrogen-bond acceptors (Lipinski definition) is 2. The Balaban J connectivity index is 1.43. The van der Waals surface area contributed by atoms with Gasteiger partial charge < -0.3 is 15.0 Å². The van der Waals surface area contributed by atoms with Gasteiger partial charge in [-0.25, -0.2) is 0 Å². The molecule has 2 N–H and O–H groups in total. The van der Waals surface area contributed by atoms with Gasteiger partial charge >= 0.3 is 0 Å². The average Bonchev–Trinajstić information content (AvgIpc) is 2.88. The average molecular weight is 348 g/mol. The molecule has 2 aromatic carbocycles. The van der Waals surface area contributed by atoms with E-state index in [0.29, 0.717) is 0 Å². The molecule has 4 rings (SSSR count). The molecule has 136 valence electrons. The van der Waals surface area contributed by atoms with Crippen LogP contribution in [0.5, 0.6) is 5.75 Å². The predicted octanol–water partition coefficient (Wildman–Crippen LogP) is 4.43. The summed E-state index contributed by atoms with van der Waals surface area (Å²) in [5, 5.41) is 4.96. The highest BCUT2D eigenvalue weighted by atomic mass is 16.5. The summed E-state index contributed by atoms with van der Waals surface area (Å²) >= 11 is 0. The number of fused-ring (bicyclic) bond motifs is 3. The highest BCUT2D eigenvalue weighted by Gasteiger charge is 2.16. The van der Waals surface area contributed by atoms with Crippen molar-refractivity contribution in [3.05, 3.63) is 64.8 Å². The lowest BCUT2D eigenvalue weighted by Crippen LogP contribution is -2.16. The maximum atomic E-state index is 5.94. The molecule has 0 saturated carbocycles. The molecule has 1 aliphatic heterocycles. The third-order valence-electron chi connectivity index (χ3n) is 5.40. The van der Waals surface area contributed by atoms with E-state index < -0.39 is 0 Å². The second-order valence-electron chi connectivity index (χ2n) is 7.12. The van der Waals surface area contributed by atoms with E-state index in [9.17, 15) is 0 Å². The third kappa shape index (κ3) is 3.63. The molecule has 0 amide bonds. The first-order valence-electron chi connectivity index (χ1n) is 9.89. The van der Waals surface area contributed by atoms with Crippen LogP contribution in [0, 0.1) is 0 Å². The summed E-state index contributed by atoms with van der Waals surface area (Å²) in [6.45, 7) is 5.08. The van der Waals surface area contributed by atoms with Gasteiger partial charge in [0.25, 0.3) is 0 Å². The fourth-order valence-corrected chi connectivity index (χ4v) is 3.97. The van der Waals surface area contributed by atoms with Gasteiger partial charge in [-0.2, -0.15) is 0 Å². The number of benzene rings is 2. The van der Waals surface area contributed by atoms with Crippen LogP contribution in [0.2, 0.25) is 0 Å². The first-order valence-corrected chi connectivity index (χ1v) is 9.89. The van der Waals surface area contributed by atoms with Gasteiger partial charge in [0.15, 0.2) is 0 Å². The summed E-state index contributed by atoms with van der Waals surface area (Å²) in [6, 6.07) is 15.1. The summed E-state index contributed by atoms with van der Waals surface area (Å²) in [4.78, 5) is 3.65. The SMILES string of the molecule is CCc1ccc(OCCCc2cccc3[nH]c4c(c23)CCNCC4)cc1. The maximum Gasteiger partial charge on any atom is 0.119 e. The largest absolute Gasteiger partial charge is 0.494 e. The number of ether oxygens (including phenoxy) is 1. The molecule has 0 radical (unpaired) electrons. The molecule has 0 spiro atoms. The van der Waals surface area contributed by atoms with E-state index in [0.717, 1.165) is 57.6 Å². The van der Waals surface area contributed by atoms with Crippen LogP contribution in [0.3, 0.4) is 0 Å². The Kier molecular flexibility index (Phi) is 5.26. The van der Waals surface area contributed by atoms with Crippen molar-refractivity contribution in [2.45, 2.75) is 39.0 Å². The minimum absolute atomic E-state index is 0.760. The van der Waals surface area contributed by atoms with Crippen LogP contribution >= 0.6 is 0 Å². The van der Waals surface area contributed by atoms with Gasteiger partial charge in [-0.1, -0.05) is 31.2 Å². The normalized spacial score (nSPS) is 14.2. The number of nitrogens with one attached hydrogen (secondary N) is 2. The predicted molar refractivity (Wildman–Crippen MR) is 108 cm³/mol. The summed E-state index contributed by atoms with van der Waals surface area (Å²) < 4.78 is 5.94. The quantitative estimate of drug-likeness (QED) is 0.647. The number of aromatic nitrogens is 1. The summed E-state index contributed by atoms with van der Waals surface area (Å²) in [5.41, 5.74) is 7.05. The van der Waals surface area contributed by atoms with Gasteiger partial charge in [-0.3, -0.25) is 0 Å². The summed E-state index contributed by atoms with van der Waals surface area (Å²) in [7, 11) is 0. The lowest BCUT2D eigenvalue weighted by Gasteiger charge is -2.09. The first-order chi connectivity index (χ1) is 12.8. The molecule has 0 unspecified atom stereocenters. The van der Waals surface area contributed by atoms with E-state index in [2.05, 4.69) is 59.7 Å². The fourth-order valence-electron chi connectivity index (χ4n) is 3.97. The zero-order chi connectivity index (χ0) is 17.8. The standard InChI is InChI=1S/C23H28N2O/c1-2-17-8-10-19(11-9-17)26-16-4-6-18-5-3-7-22-23(18)20-12-14-24-15-13-21(20)25-22/h3,5,7-11,24-25H,2,4,6,12-16H2,1H3. The Morgan fingerprint density at radius 3 is 2.69 bits per heavy atom. The topological polar surface area (TPSA) is 37.0 Å². The molecule has 3 nitrogen and oxygen atoms in total. The number of rotatable bonds is 6. The number of hydrogen-bond donors (Lipinski definition) is 2. The highest BCUT2D eigenvalue weighted by Crippen LogP contribution is 2.28. The Hall–Kier alpha value is -2.26. The van der Waals surface area contributed by atoms with Crippen LogP contribution in [-0.2, 0) is 25.7 Å². The Bertz CT molecular complexity index is 864. The first kappa shape index (κ1) is 17.2. The Morgan fingerprint density at radius 2 is 1.85 bits per heavy atom. The molecule has 0 bridgehead atoms. The van der Waals surface area contributed by atoms with Crippen molar-refractivity contribution < 1.29 is 4.74 Å². The molecule has 2 heterocycles. The monoisotopic (exact) mass is 348 g/mol. The van der Waals surface area contributed by atoms with Crippen molar-refractivity contribution in [1.29, 1.82) is 0 Å². The van der Waals surface area contributed by atoms with Crippen molar-refractivity contribution in [1.82, 2.24) is 10.3 Å². The van der Waals surface area contributed by atoms with Crippen molar-refractivity contribution in [3.8, 4) is 5.75 Å². The van der Waals surface area contributed by atoms with E-state index in [-0.39, 0.29) is 0 Å². The lowest BCUT2D eigenvalue weighted by atomic mass is 9.99. The molecule has 0 fully saturated rings. The molecule has 0 aliphatic carbocycles. The van der Waals surface area contributed by atoms with Crippen molar-refractivity contribution in [3.63, 3.8) is 0 Å². The minimum Gasteiger partial charge on any atom is -0.494 e. The zero-order valence-corrected chi connectivity index (χ0v) is 15.6.